The maximum atomic E-state index is 4.90. The number of fused-ring (bicyclic) bond motifs is 3. The molecule has 0 radical (unpaired) electrons. The number of benzene rings is 2. The second-order valence-corrected chi connectivity index (χ2v) is 6.78. The highest BCUT2D eigenvalue weighted by molar-refractivity contribution is 7.98. The highest BCUT2D eigenvalue weighted by Crippen LogP contribution is 2.30. The lowest BCUT2D eigenvalue weighted by Gasteiger charge is -2.10. The van der Waals surface area contributed by atoms with Crippen molar-refractivity contribution in [1.29, 1.82) is 0 Å². The molecule has 2 aromatic carbocycles. The van der Waals surface area contributed by atoms with Gasteiger partial charge < -0.3 is 4.57 Å². The van der Waals surface area contributed by atoms with Crippen molar-refractivity contribution in [3.8, 4) is 0 Å². The summed E-state index contributed by atoms with van der Waals surface area (Å²) in [5.74, 6) is 1.65. The Morgan fingerprint density at radius 1 is 1.00 bits per heavy atom. The zero-order valence-corrected chi connectivity index (χ0v) is 14.8. The van der Waals surface area contributed by atoms with Crippen LogP contribution >= 0.6 is 11.8 Å². The van der Waals surface area contributed by atoms with E-state index in [4.69, 9.17) is 4.98 Å². The van der Waals surface area contributed by atoms with Crippen LogP contribution in [0.25, 0.3) is 21.7 Å². The summed E-state index contributed by atoms with van der Waals surface area (Å²) in [6, 6.07) is 16.7. The first-order valence-electron chi connectivity index (χ1n) is 8.18. The van der Waals surface area contributed by atoms with Crippen LogP contribution in [0, 0.1) is 6.92 Å². The minimum absolute atomic E-state index is 0.715. The lowest BCUT2D eigenvalue weighted by Crippen LogP contribution is -2.00. The van der Waals surface area contributed by atoms with Crippen LogP contribution in [0.15, 0.2) is 66.3 Å². The molecule has 124 valence electrons. The first kappa shape index (κ1) is 15.8. The van der Waals surface area contributed by atoms with Crippen LogP contribution in [-0.4, -0.2) is 19.7 Å². The molecule has 0 aliphatic rings. The number of para-hydroxylation sites is 1. The number of rotatable bonds is 5. The second-order valence-electron chi connectivity index (χ2n) is 5.84. The van der Waals surface area contributed by atoms with Crippen molar-refractivity contribution in [2.75, 3.05) is 0 Å². The molecular weight excluding hydrogens is 328 g/mol. The lowest BCUT2D eigenvalue weighted by atomic mass is 10.0. The monoisotopic (exact) mass is 346 g/mol. The zero-order valence-electron chi connectivity index (χ0n) is 14.0. The maximum absolute atomic E-state index is 4.90. The molecule has 0 fully saturated rings. The van der Waals surface area contributed by atoms with Crippen molar-refractivity contribution in [3.63, 3.8) is 0 Å². The van der Waals surface area contributed by atoms with Crippen LogP contribution in [0.4, 0.5) is 0 Å². The Hall–Kier alpha value is -2.66. The van der Waals surface area contributed by atoms with Gasteiger partial charge in [-0.1, -0.05) is 60.3 Å². The Morgan fingerprint density at radius 3 is 2.52 bits per heavy atom. The third-order valence-electron chi connectivity index (χ3n) is 4.24. The molecule has 4 aromatic rings. The summed E-state index contributed by atoms with van der Waals surface area (Å²) in [5.41, 5.74) is 2.10. The van der Waals surface area contributed by atoms with Gasteiger partial charge in [0.05, 0.1) is 11.2 Å². The molecule has 0 spiro atoms. The number of aromatic nitrogens is 4. The molecule has 0 N–H and O–H groups in total. The average molecular weight is 346 g/mol. The number of hydrogen-bond donors (Lipinski definition) is 0. The number of pyridine rings is 1. The number of thioether (sulfide) groups is 1. The van der Waals surface area contributed by atoms with Crippen molar-refractivity contribution in [2.24, 2.45) is 0 Å². The fraction of sp³-hybridized carbons (Fsp3) is 0.150. The lowest BCUT2D eigenvalue weighted by molar-refractivity contribution is 0.703. The van der Waals surface area contributed by atoms with E-state index in [9.17, 15) is 0 Å². The summed E-state index contributed by atoms with van der Waals surface area (Å²) >= 11 is 1.66. The fourth-order valence-electron chi connectivity index (χ4n) is 3.02. The predicted octanol–water partition coefficient (Wildman–Crippen LogP) is 4.77. The van der Waals surface area contributed by atoms with Crippen LogP contribution < -0.4 is 0 Å². The normalized spacial score (nSPS) is 11.2. The van der Waals surface area contributed by atoms with Gasteiger partial charge in [-0.2, -0.15) is 0 Å². The first-order chi connectivity index (χ1) is 12.3. The highest BCUT2D eigenvalue weighted by atomic mass is 32.2. The Labute approximate surface area is 150 Å². The van der Waals surface area contributed by atoms with Gasteiger partial charge >= 0.3 is 0 Å². The molecule has 5 heteroatoms. The van der Waals surface area contributed by atoms with Gasteiger partial charge in [-0.05, 0) is 18.4 Å². The van der Waals surface area contributed by atoms with Crippen molar-refractivity contribution in [3.05, 3.63) is 72.7 Å². The topological polar surface area (TPSA) is 43.6 Å². The van der Waals surface area contributed by atoms with Crippen LogP contribution in [-0.2, 0) is 12.3 Å². The summed E-state index contributed by atoms with van der Waals surface area (Å²) in [4.78, 5) is 4.90. The van der Waals surface area contributed by atoms with Crippen LogP contribution in [0.2, 0.25) is 0 Å². The van der Waals surface area contributed by atoms with Gasteiger partial charge in [-0.3, -0.25) is 4.98 Å². The van der Waals surface area contributed by atoms with E-state index in [0.717, 1.165) is 27.9 Å². The largest absolute Gasteiger partial charge is 0.302 e. The summed E-state index contributed by atoms with van der Waals surface area (Å²) in [7, 11) is 0. The van der Waals surface area contributed by atoms with E-state index in [0.29, 0.717) is 6.54 Å². The number of hydrogen-bond acceptors (Lipinski definition) is 4. The van der Waals surface area contributed by atoms with E-state index in [1.807, 2.05) is 19.1 Å². The summed E-state index contributed by atoms with van der Waals surface area (Å²) in [6.07, 6.45) is 1.87. The molecule has 0 atom stereocenters. The molecule has 0 saturated heterocycles. The molecule has 4 nitrogen and oxygen atoms in total. The number of nitrogens with zero attached hydrogens (tertiary/aromatic N) is 4. The predicted molar refractivity (Wildman–Crippen MR) is 104 cm³/mol. The van der Waals surface area contributed by atoms with E-state index in [1.165, 1.54) is 16.2 Å². The van der Waals surface area contributed by atoms with E-state index in [1.54, 1.807) is 11.8 Å². The molecule has 25 heavy (non-hydrogen) atoms. The smallest absolute Gasteiger partial charge is 0.191 e. The molecule has 0 bridgehead atoms. The van der Waals surface area contributed by atoms with E-state index >= 15 is 0 Å². The van der Waals surface area contributed by atoms with E-state index in [2.05, 4.69) is 63.8 Å². The van der Waals surface area contributed by atoms with Gasteiger partial charge in [0.15, 0.2) is 5.16 Å². The van der Waals surface area contributed by atoms with Crippen molar-refractivity contribution >= 4 is 33.4 Å². The molecule has 2 heterocycles. The molecule has 0 saturated carbocycles. The first-order valence-corrected chi connectivity index (χ1v) is 9.16. The molecule has 4 rings (SSSR count). The Bertz CT molecular complexity index is 1070. The average Bonchev–Trinajstić information content (AvgIpc) is 3.00. The molecule has 0 aliphatic heterocycles. The fourth-order valence-corrected chi connectivity index (χ4v) is 3.97. The van der Waals surface area contributed by atoms with Crippen molar-refractivity contribution in [1.82, 2.24) is 19.7 Å². The SMILES string of the molecule is C=CCn1c(C)nnc1SCc1nc2ccccc2c2ccccc12. The van der Waals surface area contributed by atoms with Crippen LogP contribution in [0.3, 0.4) is 0 Å². The standard InChI is InChI=1S/C20H18N4S/c1-3-12-24-14(2)22-23-20(24)25-13-19-17-10-5-4-8-15(17)16-9-6-7-11-18(16)21-19/h3-11H,1,12-13H2,2H3. The van der Waals surface area contributed by atoms with Gasteiger partial charge in [-0.25, -0.2) is 0 Å². The third-order valence-corrected chi connectivity index (χ3v) is 5.22. The minimum atomic E-state index is 0.715. The molecule has 0 unspecified atom stereocenters. The molecule has 0 amide bonds. The zero-order chi connectivity index (χ0) is 17.2. The third kappa shape index (κ3) is 2.91. The van der Waals surface area contributed by atoms with Crippen molar-refractivity contribution in [2.45, 2.75) is 24.4 Å². The van der Waals surface area contributed by atoms with Crippen molar-refractivity contribution < 1.29 is 0 Å². The maximum Gasteiger partial charge on any atom is 0.191 e. The van der Waals surface area contributed by atoms with Gasteiger partial charge in [0.1, 0.15) is 5.82 Å². The molecule has 0 aliphatic carbocycles. The summed E-state index contributed by atoms with van der Waals surface area (Å²) in [6.45, 7) is 6.49. The second kappa shape index (κ2) is 6.69. The van der Waals surface area contributed by atoms with E-state index in [-0.39, 0.29) is 0 Å². The van der Waals surface area contributed by atoms with Crippen LogP contribution in [0.5, 0.6) is 0 Å². The Balaban J connectivity index is 1.75. The van der Waals surface area contributed by atoms with E-state index < -0.39 is 0 Å². The van der Waals surface area contributed by atoms with Crippen LogP contribution in [0.1, 0.15) is 11.5 Å². The quantitative estimate of drug-likeness (QED) is 0.297. The molecule has 2 aromatic heterocycles. The summed E-state index contributed by atoms with van der Waals surface area (Å²) in [5, 5.41) is 13.0. The van der Waals surface area contributed by atoms with Gasteiger partial charge in [0.25, 0.3) is 0 Å². The Morgan fingerprint density at radius 2 is 1.72 bits per heavy atom. The molecular formula is C20H18N4S. The number of allylic oxidation sites excluding steroid dienone is 1. The summed E-state index contributed by atoms with van der Waals surface area (Å²) < 4.78 is 2.07. The van der Waals surface area contributed by atoms with Gasteiger partial charge in [0, 0.05) is 23.1 Å². The minimum Gasteiger partial charge on any atom is -0.302 e. The number of aryl methyl sites for hydroxylation is 1. The van der Waals surface area contributed by atoms with Gasteiger partial charge in [0.2, 0.25) is 0 Å². The highest BCUT2D eigenvalue weighted by Gasteiger charge is 2.12. The van der Waals surface area contributed by atoms with Gasteiger partial charge in [-0.15, -0.1) is 16.8 Å². The Kier molecular flexibility index (Phi) is 4.24.